The molecule has 0 amide bonds. The van der Waals surface area contributed by atoms with Crippen LogP contribution in [0.15, 0.2) is 0 Å². The lowest BCUT2D eigenvalue weighted by molar-refractivity contribution is 0.0331. The molecule has 2 aliphatic rings. The number of hydrogen-bond acceptors (Lipinski definition) is 3. The van der Waals surface area contributed by atoms with E-state index >= 15 is 0 Å². The van der Waals surface area contributed by atoms with Crippen LogP contribution >= 0.6 is 12.4 Å². The molecule has 114 valence electrons. The van der Waals surface area contributed by atoms with E-state index < -0.39 is 0 Å². The van der Waals surface area contributed by atoms with E-state index in [1.54, 1.807) is 0 Å². The van der Waals surface area contributed by atoms with E-state index in [4.69, 9.17) is 0 Å². The van der Waals surface area contributed by atoms with Crippen LogP contribution in [0.4, 0.5) is 0 Å². The lowest BCUT2D eigenvalue weighted by Gasteiger charge is -2.41. The molecule has 0 radical (unpaired) electrons. The maximum absolute atomic E-state index is 9.91. The summed E-state index contributed by atoms with van der Waals surface area (Å²) in [5, 5.41) is 13.4. The van der Waals surface area contributed by atoms with E-state index in [0.29, 0.717) is 12.5 Å². The van der Waals surface area contributed by atoms with Crippen molar-refractivity contribution < 1.29 is 5.11 Å². The van der Waals surface area contributed by atoms with Gasteiger partial charge in [0.05, 0.1) is 6.61 Å². The molecule has 19 heavy (non-hydrogen) atoms. The predicted octanol–water partition coefficient (Wildman–Crippen LogP) is 2.28. The highest BCUT2D eigenvalue weighted by atomic mass is 35.5. The van der Waals surface area contributed by atoms with Crippen LogP contribution in [0.2, 0.25) is 0 Å². The van der Waals surface area contributed by atoms with Gasteiger partial charge in [-0.1, -0.05) is 13.8 Å². The Labute approximate surface area is 124 Å². The lowest BCUT2D eigenvalue weighted by Crippen LogP contribution is -2.51. The molecule has 0 aromatic rings. The van der Waals surface area contributed by atoms with Crippen LogP contribution in [-0.4, -0.2) is 48.3 Å². The third-order valence-corrected chi connectivity index (χ3v) is 4.70. The lowest BCUT2D eigenvalue weighted by atomic mass is 9.86. The van der Waals surface area contributed by atoms with Gasteiger partial charge in [0.15, 0.2) is 0 Å². The summed E-state index contributed by atoms with van der Waals surface area (Å²) in [6.07, 6.45) is 6.25. The molecule has 0 spiro atoms. The molecule has 0 aliphatic carbocycles. The summed E-state index contributed by atoms with van der Waals surface area (Å²) >= 11 is 0. The van der Waals surface area contributed by atoms with Gasteiger partial charge in [0.2, 0.25) is 0 Å². The predicted molar refractivity (Wildman–Crippen MR) is 82.9 cm³/mol. The molecule has 0 aromatic heterocycles. The molecule has 2 N–H and O–H groups in total. The first kappa shape index (κ1) is 17.2. The van der Waals surface area contributed by atoms with E-state index in [9.17, 15) is 5.11 Å². The monoisotopic (exact) mass is 290 g/mol. The molecule has 2 atom stereocenters. The summed E-state index contributed by atoms with van der Waals surface area (Å²) in [6.45, 7) is 9.61. The molecule has 4 heteroatoms. The second-order valence-electron chi connectivity index (χ2n) is 6.74. The molecular formula is C15H31ClN2O. The summed E-state index contributed by atoms with van der Waals surface area (Å²) in [7, 11) is 0. The second-order valence-corrected chi connectivity index (χ2v) is 6.74. The fraction of sp³-hybridized carbons (Fsp3) is 1.00. The first-order valence-electron chi connectivity index (χ1n) is 7.73. The van der Waals surface area contributed by atoms with Crippen LogP contribution in [0, 0.1) is 11.8 Å². The highest BCUT2D eigenvalue weighted by Gasteiger charge is 2.41. The molecule has 0 saturated carbocycles. The van der Waals surface area contributed by atoms with Crippen molar-refractivity contribution in [2.24, 2.45) is 11.8 Å². The Kier molecular flexibility index (Phi) is 7.09. The highest BCUT2D eigenvalue weighted by molar-refractivity contribution is 5.85. The standard InChI is InChI=1S/C15H30N2O.ClH/c1-13(2)9-15(12-18)6-4-8-17(15)11-14-5-3-7-16-10-14;/h13-14,16,18H,3-12H2,1-2H3;1H. The summed E-state index contributed by atoms with van der Waals surface area (Å²) in [4.78, 5) is 2.60. The van der Waals surface area contributed by atoms with Gasteiger partial charge in [0.25, 0.3) is 0 Å². The molecule has 0 bridgehead atoms. The minimum absolute atomic E-state index is 0. The van der Waals surface area contributed by atoms with Crippen LogP contribution in [0.5, 0.6) is 0 Å². The average Bonchev–Trinajstić information content (AvgIpc) is 2.73. The molecule has 2 aliphatic heterocycles. The molecule has 2 heterocycles. The minimum Gasteiger partial charge on any atom is -0.394 e. The molecule has 2 fully saturated rings. The molecule has 0 aromatic carbocycles. The third-order valence-electron chi connectivity index (χ3n) is 4.70. The minimum atomic E-state index is 0. The maximum Gasteiger partial charge on any atom is 0.0615 e. The zero-order chi connectivity index (χ0) is 13.0. The van der Waals surface area contributed by atoms with Crippen LogP contribution in [0.1, 0.15) is 46.0 Å². The van der Waals surface area contributed by atoms with Gasteiger partial charge in [0.1, 0.15) is 0 Å². The Balaban J connectivity index is 0.00000180. The molecule has 2 saturated heterocycles. The fourth-order valence-corrected chi connectivity index (χ4v) is 3.91. The van der Waals surface area contributed by atoms with Gasteiger partial charge in [-0.25, -0.2) is 0 Å². The van der Waals surface area contributed by atoms with Gasteiger partial charge in [-0.15, -0.1) is 12.4 Å². The van der Waals surface area contributed by atoms with E-state index in [1.807, 2.05) is 0 Å². The third kappa shape index (κ3) is 4.32. The number of rotatable bonds is 5. The summed E-state index contributed by atoms with van der Waals surface area (Å²) < 4.78 is 0. The molecule has 2 rings (SSSR count). The smallest absolute Gasteiger partial charge is 0.0615 e. The van der Waals surface area contributed by atoms with Crippen molar-refractivity contribution in [3.63, 3.8) is 0 Å². The molecule has 3 nitrogen and oxygen atoms in total. The van der Waals surface area contributed by atoms with Gasteiger partial charge < -0.3 is 10.4 Å². The quantitative estimate of drug-likeness (QED) is 0.815. The van der Waals surface area contributed by atoms with Crippen molar-refractivity contribution in [3.05, 3.63) is 0 Å². The zero-order valence-electron chi connectivity index (χ0n) is 12.5. The average molecular weight is 291 g/mol. The normalized spacial score (nSPS) is 32.5. The Morgan fingerprint density at radius 2 is 2.16 bits per heavy atom. The highest BCUT2D eigenvalue weighted by Crippen LogP contribution is 2.35. The number of piperidine rings is 1. The van der Waals surface area contributed by atoms with Crippen molar-refractivity contribution in [2.75, 3.05) is 32.8 Å². The maximum atomic E-state index is 9.91. The fourth-order valence-electron chi connectivity index (χ4n) is 3.91. The van der Waals surface area contributed by atoms with Gasteiger partial charge in [0, 0.05) is 12.1 Å². The Hall–Kier alpha value is 0.170. The largest absolute Gasteiger partial charge is 0.394 e. The van der Waals surface area contributed by atoms with Gasteiger partial charge in [-0.05, 0) is 63.6 Å². The van der Waals surface area contributed by atoms with E-state index in [1.165, 1.54) is 51.9 Å². The number of halogens is 1. The van der Waals surface area contributed by atoms with Crippen LogP contribution in [-0.2, 0) is 0 Å². The Morgan fingerprint density at radius 1 is 1.37 bits per heavy atom. The first-order chi connectivity index (χ1) is 8.66. The second kappa shape index (κ2) is 7.82. The van der Waals surface area contributed by atoms with Crippen molar-refractivity contribution in [1.82, 2.24) is 10.2 Å². The Bertz CT molecular complexity index is 257. The number of aliphatic hydroxyl groups is 1. The van der Waals surface area contributed by atoms with Crippen LogP contribution < -0.4 is 5.32 Å². The topological polar surface area (TPSA) is 35.5 Å². The SMILES string of the molecule is CC(C)CC1(CO)CCCN1CC1CCCNC1.Cl. The summed E-state index contributed by atoms with van der Waals surface area (Å²) in [5.74, 6) is 1.46. The van der Waals surface area contributed by atoms with E-state index in [0.717, 1.165) is 12.3 Å². The first-order valence-corrected chi connectivity index (χ1v) is 7.73. The van der Waals surface area contributed by atoms with Gasteiger partial charge in [-0.3, -0.25) is 4.90 Å². The number of nitrogens with one attached hydrogen (secondary N) is 1. The molecular weight excluding hydrogens is 260 g/mol. The van der Waals surface area contributed by atoms with Gasteiger partial charge >= 0.3 is 0 Å². The molecule has 2 unspecified atom stereocenters. The van der Waals surface area contributed by atoms with Crippen molar-refractivity contribution in [3.8, 4) is 0 Å². The van der Waals surface area contributed by atoms with Gasteiger partial charge in [-0.2, -0.15) is 0 Å². The van der Waals surface area contributed by atoms with E-state index in [-0.39, 0.29) is 17.9 Å². The van der Waals surface area contributed by atoms with Crippen LogP contribution in [0.3, 0.4) is 0 Å². The van der Waals surface area contributed by atoms with E-state index in [2.05, 4.69) is 24.1 Å². The number of nitrogens with zero attached hydrogens (tertiary/aromatic N) is 1. The van der Waals surface area contributed by atoms with Crippen LogP contribution in [0.25, 0.3) is 0 Å². The number of hydrogen-bond donors (Lipinski definition) is 2. The van der Waals surface area contributed by atoms with Crippen molar-refractivity contribution in [2.45, 2.75) is 51.5 Å². The number of aliphatic hydroxyl groups excluding tert-OH is 1. The summed E-state index contributed by atoms with van der Waals surface area (Å²) in [5.41, 5.74) is 0.0889. The Morgan fingerprint density at radius 3 is 2.74 bits per heavy atom. The number of likely N-dealkylation sites (tertiary alicyclic amines) is 1. The zero-order valence-corrected chi connectivity index (χ0v) is 13.3. The summed E-state index contributed by atoms with van der Waals surface area (Å²) in [6, 6.07) is 0. The van der Waals surface area contributed by atoms with Crippen molar-refractivity contribution in [1.29, 1.82) is 0 Å². The van der Waals surface area contributed by atoms with Crippen molar-refractivity contribution >= 4 is 12.4 Å².